The van der Waals surface area contributed by atoms with Gasteiger partial charge in [0.15, 0.2) is 0 Å². The zero-order valence-electron chi connectivity index (χ0n) is 18.4. The van der Waals surface area contributed by atoms with Crippen molar-refractivity contribution in [3.63, 3.8) is 0 Å². The van der Waals surface area contributed by atoms with E-state index in [0.717, 1.165) is 24.5 Å². The molecule has 0 N–H and O–H groups in total. The van der Waals surface area contributed by atoms with Crippen LogP contribution in [0, 0.1) is 11.3 Å². The molecule has 0 bridgehead atoms. The van der Waals surface area contributed by atoms with E-state index in [1.54, 1.807) is 0 Å². The summed E-state index contributed by atoms with van der Waals surface area (Å²) in [7, 11) is -3.78. The van der Waals surface area contributed by atoms with Crippen molar-refractivity contribution >= 4 is 10.1 Å². The Labute approximate surface area is 187 Å². The van der Waals surface area contributed by atoms with E-state index in [9.17, 15) is 21.6 Å². The molecule has 0 radical (unpaired) electrons. The maximum atomic E-state index is 12.9. The molecule has 2 aromatic rings. The van der Waals surface area contributed by atoms with Gasteiger partial charge >= 0.3 is 6.18 Å². The van der Waals surface area contributed by atoms with Crippen LogP contribution in [0.5, 0.6) is 11.5 Å². The normalized spacial score (nSPS) is 11.5. The predicted molar refractivity (Wildman–Crippen MR) is 116 cm³/mol. The third kappa shape index (κ3) is 9.68. The summed E-state index contributed by atoms with van der Waals surface area (Å²) in [6.07, 6.45) is -3.77. The molecule has 0 saturated heterocycles. The van der Waals surface area contributed by atoms with Crippen molar-refractivity contribution in [3.05, 3.63) is 59.2 Å². The van der Waals surface area contributed by atoms with E-state index in [1.165, 1.54) is 43.9 Å². The van der Waals surface area contributed by atoms with E-state index in [2.05, 4.69) is 29.9 Å². The molecule has 10 heteroatoms. The summed E-state index contributed by atoms with van der Waals surface area (Å²) >= 11 is 0. The summed E-state index contributed by atoms with van der Waals surface area (Å²) in [5.41, 5.74) is -0.582. The molecule has 0 unspecified atom stereocenters. The highest BCUT2D eigenvalue weighted by Crippen LogP contribution is 2.35. The maximum Gasteiger partial charge on any atom is 0.416 e. The molecule has 0 aliphatic rings. The Morgan fingerprint density at radius 3 is 2.12 bits per heavy atom. The molecule has 0 saturated carbocycles. The minimum Gasteiger partial charge on any atom is -0.457 e. The lowest BCUT2D eigenvalue weighted by molar-refractivity contribution is -0.137. The maximum absolute atomic E-state index is 12.9. The Morgan fingerprint density at radius 1 is 1.03 bits per heavy atom. The number of nitrogens with zero attached hydrogens (tertiary/aromatic N) is 2. The second-order valence-electron chi connectivity index (χ2n) is 6.65. The second kappa shape index (κ2) is 12.4. The predicted octanol–water partition coefficient (Wildman–Crippen LogP) is 5.19. The highest BCUT2D eigenvalue weighted by Gasteiger charge is 2.31. The molecule has 0 aliphatic carbocycles. The fourth-order valence-electron chi connectivity index (χ4n) is 2.54. The molecule has 0 aliphatic heterocycles. The van der Waals surface area contributed by atoms with Crippen molar-refractivity contribution in [3.8, 4) is 17.6 Å². The van der Waals surface area contributed by atoms with E-state index < -0.39 is 28.5 Å². The van der Waals surface area contributed by atoms with Crippen LogP contribution in [-0.2, 0) is 27.1 Å². The molecule has 2 rings (SSSR count). The molecule has 0 aromatic heterocycles. The first-order valence-corrected chi connectivity index (χ1v) is 11.7. The molecule has 0 spiro atoms. The highest BCUT2D eigenvalue weighted by molar-refractivity contribution is 7.85. The van der Waals surface area contributed by atoms with Crippen molar-refractivity contribution in [2.24, 2.45) is 0 Å². The summed E-state index contributed by atoms with van der Waals surface area (Å²) in [6, 6.07) is 10.3. The van der Waals surface area contributed by atoms with Crippen LogP contribution in [0.3, 0.4) is 0 Å². The zero-order valence-corrected chi connectivity index (χ0v) is 19.3. The smallest absolute Gasteiger partial charge is 0.416 e. The molecule has 6 nitrogen and oxygen atoms in total. The van der Waals surface area contributed by atoms with Crippen LogP contribution in [-0.4, -0.2) is 39.2 Å². The summed E-state index contributed by atoms with van der Waals surface area (Å²) in [5.74, 6) is -0.0763. The Bertz CT molecular complexity index is 1010. The third-order valence-corrected chi connectivity index (χ3v) is 4.90. The zero-order chi connectivity index (χ0) is 24.4. The first kappa shape index (κ1) is 27.4. The number of hydrogen-bond acceptors (Lipinski definition) is 6. The van der Waals surface area contributed by atoms with Gasteiger partial charge < -0.3 is 9.64 Å². The van der Waals surface area contributed by atoms with Crippen molar-refractivity contribution < 1.29 is 30.5 Å². The van der Waals surface area contributed by atoms with Gasteiger partial charge in [-0.05, 0) is 50.0 Å². The Kier molecular flexibility index (Phi) is 10.7. The number of ether oxygens (including phenoxy) is 1. The number of alkyl halides is 3. The summed E-state index contributed by atoms with van der Waals surface area (Å²) in [5, 5.41) is 8.87. The fourth-order valence-corrected chi connectivity index (χ4v) is 2.88. The van der Waals surface area contributed by atoms with Crippen molar-refractivity contribution in [1.29, 1.82) is 5.26 Å². The van der Waals surface area contributed by atoms with Gasteiger partial charge in [0.05, 0.1) is 30.1 Å². The van der Waals surface area contributed by atoms with Gasteiger partial charge in [0.2, 0.25) is 0 Å². The van der Waals surface area contributed by atoms with Crippen LogP contribution in [0.1, 0.15) is 37.5 Å². The minimum absolute atomic E-state index is 0.112. The first-order chi connectivity index (χ1) is 14.9. The Morgan fingerprint density at radius 2 is 1.66 bits per heavy atom. The Hall–Kier alpha value is -2.61. The summed E-state index contributed by atoms with van der Waals surface area (Å²) in [6.45, 7) is 9.64. The van der Waals surface area contributed by atoms with Crippen LogP contribution in [0.2, 0.25) is 0 Å². The molecule has 0 heterocycles. The van der Waals surface area contributed by atoms with Crippen LogP contribution < -0.4 is 4.74 Å². The number of halogens is 3. The van der Waals surface area contributed by atoms with Gasteiger partial charge in [0.1, 0.15) is 11.5 Å². The van der Waals surface area contributed by atoms with Crippen LogP contribution in [0.15, 0.2) is 42.5 Å². The quantitative estimate of drug-likeness (QED) is 0.492. The van der Waals surface area contributed by atoms with Crippen molar-refractivity contribution in [2.75, 3.05) is 25.9 Å². The van der Waals surface area contributed by atoms with Gasteiger partial charge in [0.25, 0.3) is 10.1 Å². The van der Waals surface area contributed by atoms with E-state index in [1.807, 2.05) is 6.07 Å². The number of rotatable bonds is 8. The monoisotopic (exact) mass is 472 g/mol. The Balaban J connectivity index is 0.000000633. The molecule has 176 valence electrons. The molecular weight excluding hydrogens is 445 g/mol. The molecular formula is C22H27F3N2O4S. The second-order valence-corrected chi connectivity index (χ2v) is 8.29. The lowest BCUT2D eigenvalue weighted by Crippen LogP contribution is -2.21. The molecule has 32 heavy (non-hydrogen) atoms. The van der Waals surface area contributed by atoms with Crippen molar-refractivity contribution in [2.45, 2.75) is 33.6 Å². The van der Waals surface area contributed by atoms with Gasteiger partial charge in [-0.15, -0.1) is 0 Å². The number of benzene rings is 2. The van der Waals surface area contributed by atoms with Crippen LogP contribution in [0.25, 0.3) is 0 Å². The third-order valence-electron chi connectivity index (χ3n) is 4.36. The van der Waals surface area contributed by atoms with Gasteiger partial charge in [-0.25, -0.2) is 0 Å². The van der Waals surface area contributed by atoms with Gasteiger partial charge in [-0.2, -0.15) is 26.9 Å². The van der Waals surface area contributed by atoms with Crippen LogP contribution in [0.4, 0.5) is 13.2 Å². The highest BCUT2D eigenvalue weighted by atomic mass is 32.2. The van der Waals surface area contributed by atoms with Crippen molar-refractivity contribution in [1.82, 2.24) is 4.90 Å². The summed E-state index contributed by atoms with van der Waals surface area (Å²) in [4.78, 5) is 2.38. The first-order valence-electron chi connectivity index (χ1n) is 9.88. The fraction of sp³-hybridized carbons (Fsp3) is 0.409. The largest absolute Gasteiger partial charge is 0.457 e. The minimum atomic E-state index is -4.59. The van der Waals surface area contributed by atoms with Gasteiger partial charge in [0, 0.05) is 5.56 Å². The van der Waals surface area contributed by atoms with Gasteiger partial charge in [-0.3, -0.25) is 4.18 Å². The topological polar surface area (TPSA) is 79.6 Å². The van der Waals surface area contributed by atoms with Gasteiger partial charge in [-0.1, -0.05) is 32.9 Å². The molecule has 0 fully saturated rings. The van der Waals surface area contributed by atoms with E-state index >= 15 is 0 Å². The van der Waals surface area contributed by atoms with E-state index in [-0.39, 0.29) is 22.6 Å². The molecule has 2 aromatic carbocycles. The lowest BCUT2D eigenvalue weighted by Gasteiger charge is -2.14. The SMILES string of the molecule is CCN(CC)CC.CS(=O)(=O)OCc1ccc(C(F)(F)F)cc1Oc1cccc(C#N)c1. The van der Waals surface area contributed by atoms with E-state index in [4.69, 9.17) is 10.00 Å². The number of nitriles is 1. The number of hydrogen-bond donors (Lipinski definition) is 0. The average molecular weight is 473 g/mol. The molecule has 0 atom stereocenters. The average Bonchev–Trinajstić information content (AvgIpc) is 2.73. The van der Waals surface area contributed by atoms with E-state index in [0.29, 0.717) is 0 Å². The summed E-state index contributed by atoms with van der Waals surface area (Å²) < 4.78 is 71.0. The standard InChI is InChI=1S/C16H12F3NO4S.C6H15N/c1-25(21,22)23-10-12-5-6-13(16(17,18)19)8-15(12)24-14-4-2-3-11(7-14)9-20;1-4-7(5-2)6-3/h2-8H,10H2,1H3;4-6H2,1-3H3. The lowest BCUT2D eigenvalue weighted by atomic mass is 10.1. The van der Waals surface area contributed by atoms with Crippen LogP contribution >= 0.6 is 0 Å². The molecule has 0 amide bonds.